The Morgan fingerprint density at radius 3 is 2.14 bits per heavy atom. The zero-order valence-electron chi connectivity index (χ0n) is 13.5. The van der Waals surface area contributed by atoms with Crippen LogP contribution in [0.4, 0.5) is 0 Å². The van der Waals surface area contributed by atoms with Crippen molar-refractivity contribution in [2.24, 2.45) is 5.92 Å². The van der Waals surface area contributed by atoms with Crippen LogP contribution >= 0.6 is 0 Å². The van der Waals surface area contributed by atoms with Crippen molar-refractivity contribution < 1.29 is 19.8 Å². The van der Waals surface area contributed by atoms with Crippen LogP contribution in [0.25, 0.3) is 0 Å². The maximum absolute atomic E-state index is 11.1. The Balaban J connectivity index is 2.52. The number of unbranched alkanes of at least 4 members (excludes halogenated alkanes) is 2. The third-order valence-electron chi connectivity index (χ3n) is 4.28. The van der Waals surface area contributed by atoms with E-state index in [0.29, 0.717) is 0 Å². The summed E-state index contributed by atoms with van der Waals surface area (Å²) in [6.07, 6.45) is 7.84. The Morgan fingerprint density at radius 1 is 0.955 bits per heavy atom. The van der Waals surface area contributed by atoms with Crippen molar-refractivity contribution in [3.05, 3.63) is 34.9 Å². The van der Waals surface area contributed by atoms with Crippen molar-refractivity contribution in [1.82, 2.24) is 0 Å². The van der Waals surface area contributed by atoms with E-state index >= 15 is 0 Å². The average Bonchev–Trinajstić information content (AvgIpc) is 2.50. The summed E-state index contributed by atoms with van der Waals surface area (Å²) in [5.74, 6) is -1.57. The van der Waals surface area contributed by atoms with Crippen LogP contribution in [-0.2, 0) is 6.42 Å². The second-order valence-corrected chi connectivity index (χ2v) is 5.77. The van der Waals surface area contributed by atoms with Crippen LogP contribution in [0, 0.1) is 5.92 Å². The highest BCUT2D eigenvalue weighted by Gasteiger charge is 2.16. The maximum atomic E-state index is 11.1. The second-order valence-electron chi connectivity index (χ2n) is 5.77. The number of hydrogen-bond acceptors (Lipinski definition) is 2. The van der Waals surface area contributed by atoms with E-state index in [-0.39, 0.29) is 11.1 Å². The Bertz CT molecular complexity index is 504. The van der Waals surface area contributed by atoms with E-state index in [9.17, 15) is 9.59 Å². The summed E-state index contributed by atoms with van der Waals surface area (Å²) in [6, 6.07) is 4.61. The van der Waals surface area contributed by atoms with Gasteiger partial charge in [0.15, 0.2) is 0 Å². The molecule has 1 aromatic rings. The van der Waals surface area contributed by atoms with E-state index in [0.717, 1.165) is 30.7 Å². The van der Waals surface area contributed by atoms with E-state index in [2.05, 4.69) is 13.8 Å². The van der Waals surface area contributed by atoms with Gasteiger partial charge in [0.05, 0.1) is 11.1 Å². The number of hydrogen-bond donors (Lipinski definition) is 2. The zero-order chi connectivity index (χ0) is 16.5. The topological polar surface area (TPSA) is 74.6 Å². The number of carboxylic acid groups (broad SMARTS) is 2. The summed E-state index contributed by atoms with van der Waals surface area (Å²) in [4.78, 5) is 22.1. The Kier molecular flexibility index (Phi) is 7.64. The molecular formula is C18H26O4. The van der Waals surface area contributed by atoms with E-state index in [1.165, 1.54) is 37.8 Å². The molecule has 0 aliphatic heterocycles. The zero-order valence-corrected chi connectivity index (χ0v) is 13.5. The number of aryl methyl sites for hydroxylation is 1. The summed E-state index contributed by atoms with van der Waals surface area (Å²) in [6.45, 7) is 4.46. The lowest BCUT2D eigenvalue weighted by Crippen LogP contribution is -2.08. The van der Waals surface area contributed by atoms with Gasteiger partial charge in [0.2, 0.25) is 0 Å². The van der Waals surface area contributed by atoms with Gasteiger partial charge in [-0.05, 0) is 36.5 Å². The Labute approximate surface area is 132 Å². The molecule has 4 heteroatoms. The van der Waals surface area contributed by atoms with Gasteiger partial charge < -0.3 is 10.2 Å². The number of benzene rings is 1. The number of carboxylic acids is 2. The first kappa shape index (κ1) is 18.2. The molecule has 0 saturated carbocycles. The minimum atomic E-state index is -1.20. The molecule has 4 nitrogen and oxygen atoms in total. The average molecular weight is 306 g/mol. The van der Waals surface area contributed by atoms with Crippen LogP contribution in [0.3, 0.4) is 0 Å². The van der Waals surface area contributed by atoms with E-state index < -0.39 is 11.9 Å². The van der Waals surface area contributed by atoms with Crippen LogP contribution in [0.2, 0.25) is 0 Å². The van der Waals surface area contributed by atoms with Gasteiger partial charge in [-0.2, -0.15) is 0 Å². The summed E-state index contributed by atoms with van der Waals surface area (Å²) in [5.41, 5.74) is 0.622. The minimum Gasteiger partial charge on any atom is -0.478 e. The predicted molar refractivity (Wildman–Crippen MR) is 86.6 cm³/mol. The summed E-state index contributed by atoms with van der Waals surface area (Å²) in [5, 5.41) is 18.1. The largest absolute Gasteiger partial charge is 0.478 e. The first-order valence-electron chi connectivity index (χ1n) is 8.09. The quantitative estimate of drug-likeness (QED) is 0.618. The van der Waals surface area contributed by atoms with Gasteiger partial charge in [0, 0.05) is 0 Å². The molecule has 0 atom stereocenters. The van der Waals surface area contributed by atoms with Crippen molar-refractivity contribution in [2.75, 3.05) is 0 Å². The third kappa shape index (κ3) is 5.51. The van der Waals surface area contributed by atoms with E-state index in [1.54, 1.807) is 6.07 Å². The molecule has 0 aliphatic rings. The highest BCUT2D eigenvalue weighted by atomic mass is 16.4. The van der Waals surface area contributed by atoms with E-state index in [1.807, 2.05) is 0 Å². The molecular weight excluding hydrogens is 280 g/mol. The molecule has 0 saturated heterocycles. The van der Waals surface area contributed by atoms with Crippen LogP contribution in [-0.4, -0.2) is 22.2 Å². The van der Waals surface area contributed by atoms with Gasteiger partial charge in [0.25, 0.3) is 0 Å². The molecule has 1 rings (SSSR count). The molecule has 0 aliphatic carbocycles. The molecule has 0 aromatic heterocycles. The molecule has 0 fully saturated rings. The highest BCUT2D eigenvalue weighted by molar-refractivity contribution is 6.01. The molecule has 0 heterocycles. The number of aromatic carboxylic acids is 2. The fraction of sp³-hybridized carbons (Fsp3) is 0.556. The molecule has 0 unspecified atom stereocenters. The van der Waals surface area contributed by atoms with Crippen LogP contribution in [0.15, 0.2) is 18.2 Å². The highest BCUT2D eigenvalue weighted by Crippen LogP contribution is 2.18. The fourth-order valence-corrected chi connectivity index (χ4v) is 2.75. The molecule has 0 spiro atoms. The van der Waals surface area contributed by atoms with Crippen molar-refractivity contribution in [2.45, 2.75) is 58.8 Å². The van der Waals surface area contributed by atoms with Crippen molar-refractivity contribution in [3.8, 4) is 0 Å². The van der Waals surface area contributed by atoms with Crippen LogP contribution < -0.4 is 0 Å². The minimum absolute atomic E-state index is 0.123. The fourth-order valence-electron chi connectivity index (χ4n) is 2.75. The summed E-state index contributed by atoms with van der Waals surface area (Å²) < 4.78 is 0. The van der Waals surface area contributed by atoms with Crippen molar-refractivity contribution >= 4 is 11.9 Å². The standard InChI is InChI=1S/C18H26O4/c1-3-13(4-2)8-6-5-7-9-14-10-11-15(17(19)20)16(12-14)18(21)22/h10-13H,3-9H2,1-2H3,(H,19,20)(H,21,22). The van der Waals surface area contributed by atoms with Crippen LogP contribution in [0.1, 0.15) is 78.7 Å². The molecule has 0 radical (unpaired) electrons. The number of carbonyl (C=O) groups is 2. The van der Waals surface area contributed by atoms with Gasteiger partial charge in [-0.15, -0.1) is 0 Å². The van der Waals surface area contributed by atoms with Crippen molar-refractivity contribution in [3.63, 3.8) is 0 Å². The molecule has 0 amide bonds. The second kappa shape index (κ2) is 9.23. The smallest absolute Gasteiger partial charge is 0.336 e. The lowest BCUT2D eigenvalue weighted by Gasteiger charge is -2.11. The summed E-state index contributed by atoms with van der Waals surface area (Å²) in [7, 11) is 0. The predicted octanol–water partition coefficient (Wildman–Crippen LogP) is 4.62. The summed E-state index contributed by atoms with van der Waals surface area (Å²) >= 11 is 0. The lowest BCUT2D eigenvalue weighted by molar-refractivity contribution is 0.0651. The van der Waals surface area contributed by atoms with Gasteiger partial charge in [0.1, 0.15) is 0 Å². The third-order valence-corrected chi connectivity index (χ3v) is 4.28. The van der Waals surface area contributed by atoms with Gasteiger partial charge in [-0.25, -0.2) is 9.59 Å². The Hall–Kier alpha value is -1.84. The van der Waals surface area contributed by atoms with E-state index in [4.69, 9.17) is 10.2 Å². The molecule has 1 aromatic carbocycles. The monoisotopic (exact) mass is 306 g/mol. The molecule has 122 valence electrons. The Morgan fingerprint density at radius 2 is 1.59 bits per heavy atom. The lowest BCUT2D eigenvalue weighted by atomic mass is 9.95. The van der Waals surface area contributed by atoms with Gasteiger partial charge in [-0.1, -0.05) is 52.0 Å². The van der Waals surface area contributed by atoms with Gasteiger partial charge in [-0.3, -0.25) is 0 Å². The normalized spacial score (nSPS) is 10.9. The van der Waals surface area contributed by atoms with Crippen LogP contribution in [0.5, 0.6) is 0 Å². The van der Waals surface area contributed by atoms with Gasteiger partial charge >= 0.3 is 11.9 Å². The first-order chi connectivity index (χ1) is 10.5. The molecule has 2 N–H and O–H groups in total. The maximum Gasteiger partial charge on any atom is 0.336 e. The number of rotatable bonds is 10. The first-order valence-corrected chi connectivity index (χ1v) is 8.09. The molecule has 22 heavy (non-hydrogen) atoms. The van der Waals surface area contributed by atoms with Crippen molar-refractivity contribution in [1.29, 1.82) is 0 Å². The SMILES string of the molecule is CCC(CC)CCCCCc1ccc(C(=O)O)c(C(=O)O)c1. The molecule has 0 bridgehead atoms.